The first-order valence-electron chi connectivity index (χ1n) is 8.59. The van der Waals surface area contributed by atoms with Crippen LogP contribution in [0, 0.1) is 13.8 Å². The van der Waals surface area contributed by atoms with Gasteiger partial charge in [-0.2, -0.15) is 4.98 Å². The topological polar surface area (TPSA) is 70.5 Å². The molecule has 0 spiro atoms. The fourth-order valence-corrected chi connectivity index (χ4v) is 2.40. The van der Waals surface area contributed by atoms with Crippen LogP contribution in [0.1, 0.15) is 18.1 Å². The Morgan fingerprint density at radius 3 is 2.52 bits per heavy atom. The lowest BCUT2D eigenvalue weighted by Gasteiger charge is -2.13. The number of carbonyl (C=O) groups excluding carboxylic acids is 1. The first-order chi connectivity index (χ1) is 13.1. The van der Waals surface area contributed by atoms with Crippen molar-refractivity contribution in [1.29, 1.82) is 0 Å². The second kappa shape index (κ2) is 8.31. The van der Waals surface area contributed by atoms with Crippen molar-refractivity contribution < 1.29 is 19.0 Å². The molecule has 0 aliphatic heterocycles. The first-order valence-corrected chi connectivity index (χ1v) is 8.59. The molecule has 1 heterocycles. The number of carbonyl (C=O) groups is 1. The summed E-state index contributed by atoms with van der Waals surface area (Å²) in [4.78, 5) is 20.5. The fourth-order valence-electron chi connectivity index (χ4n) is 2.40. The van der Waals surface area contributed by atoms with E-state index in [-0.39, 0.29) is 18.2 Å². The molecule has 6 heteroatoms. The number of aryl methyl sites for hydroxylation is 1. The molecule has 3 rings (SSSR count). The van der Waals surface area contributed by atoms with Crippen molar-refractivity contribution in [1.82, 2.24) is 9.97 Å². The van der Waals surface area contributed by atoms with E-state index < -0.39 is 6.16 Å². The minimum absolute atomic E-state index is 0.0917. The Bertz CT molecular complexity index is 942. The molecule has 0 amide bonds. The third kappa shape index (κ3) is 4.41. The van der Waals surface area contributed by atoms with Gasteiger partial charge in [0.2, 0.25) is 5.75 Å². The fraction of sp³-hybridized carbons (Fsp3) is 0.190. The summed E-state index contributed by atoms with van der Waals surface area (Å²) in [5, 5.41) is 0. The van der Waals surface area contributed by atoms with E-state index in [1.165, 1.54) is 6.20 Å². The van der Waals surface area contributed by atoms with Gasteiger partial charge in [-0.1, -0.05) is 42.5 Å². The van der Waals surface area contributed by atoms with Gasteiger partial charge in [0.25, 0.3) is 5.88 Å². The van der Waals surface area contributed by atoms with Gasteiger partial charge in [0.1, 0.15) is 5.75 Å². The third-order valence-electron chi connectivity index (χ3n) is 3.97. The number of aromatic nitrogens is 2. The van der Waals surface area contributed by atoms with E-state index in [9.17, 15) is 4.79 Å². The lowest BCUT2D eigenvalue weighted by Crippen LogP contribution is -2.11. The Labute approximate surface area is 157 Å². The van der Waals surface area contributed by atoms with Crippen molar-refractivity contribution >= 4 is 6.16 Å². The molecule has 2 aromatic carbocycles. The van der Waals surface area contributed by atoms with Crippen LogP contribution in [-0.4, -0.2) is 22.7 Å². The molecule has 138 valence electrons. The Hall–Kier alpha value is -3.41. The number of hydrogen-bond donors (Lipinski definition) is 0. The molecule has 3 aromatic rings. The first kappa shape index (κ1) is 18.4. The van der Waals surface area contributed by atoms with Crippen LogP contribution in [0.4, 0.5) is 4.79 Å². The smallest absolute Gasteiger partial charge is 0.436 e. The summed E-state index contributed by atoms with van der Waals surface area (Å²) in [7, 11) is 0. The minimum atomic E-state index is -0.834. The number of ether oxygens (including phenoxy) is 3. The van der Waals surface area contributed by atoms with E-state index in [4.69, 9.17) is 14.2 Å². The van der Waals surface area contributed by atoms with E-state index in [0.29, 0.717) is 11.6 Å². The van der Waals surface area contributed by atoms with Crippen LogP contribution in [-0.2, 0) is 4.74 Å². The van der Waals surface area contributed by atoms with E-state index in [1.54, 1.807) is 6.92 Å². The highest BCUT2D eigenvalue weighted by molar-refractivity contribution is 5.65. The maximum Gasteiger partial charge on any atom is 0.514 e. The van der Waals surface area contributed by atoms with Crippen LogP contribution in [0.3, 0.4) is 0 Å². The van der Waals surface area contributed by atoms with Gasteiger partial charge in [-0.05, 0) is 38.0 Å². The Kier molecular flexibility index (Phi) is 5.66. The third-order valence-corrected chi connectivity index (χ3v) is 3.97. The van der Waals surface area contributed by atoms with Gasteiger partial charge in [-0.25, -0.2) is 9.78 Å². The normalized spacial score (nSPS) is 10.3. The molecule has 0 radical (unpaired) electrons. The maximum absolute atomic E-state index is 11.7. The zero-order valence-corrected chi connectivity index (χ0v) is 15.4. The van der Waals surface area contributed by atoms with Gasteiger partial charge in [0.05, 0.1) is 12.8 Å². The molecular formula is C21H20N2O4. The van der Waals surface area contributed by atoms with Crippen molar-refractivity contribution in [3.63, 3.8) is 0 Å². The van der Waals surface area contributed by atoms with Gasteiger partial charge in [-0.3, -0.25) is 0 Å². The van der Waals surface area contributed by atoms with E-state index in [0.717, 1.165) is 16.7 Å². The lowest BCUT2D eigenvalue weighted by molar-refractivity contribution is 0.103. The van der Waals surface area contributed by atoms with Crippen molar-refractivity contribution in [2.45, 2.75) is 20.8 Å². The largest absolute Gasteiger partial charge is 0.514 e. The average Bonchev–Trinajstić information content (AvgIpc) is 2.67. The molecule has 0 bridgehead atoms. The summed E-state index contributed by atoms with van der Waals surface area (Å²) in [6.45, 7) is 5.85. The summed E-state index contributed by atoms with van der Waals surface area (Å²) in [6.07, 6.45) is 0.576. The predicted octanol–water partition coefficient (Wildman–Crippen LogP) is 5.09. The number of benzene rings is 2. The molecule has 0 saturated carbocycles. The summed E-state index contributed by atoms with van der Waals surface area (Å²) in [6, 6.07) is 15.2. The minimum Gasteiger partial charge on any atom is -0.436 e. The van der Waals surface area contributed by atoms with Crippen LogP contribution in [0.5, 0.6) is 17.4 Å². The number of nitrogens with zero attached hydrogens (tertiary/aromatic N) is 2. The monoisotopic (exact) mass is 364 g/mol. The van der Waals surface area contributed by atoms with Crippen molar-refractivity contribution in [2.75, 3.05) is 6.61 Å². The van der Waals surface area contributed by atoms with E-state index in [2.05, 4.69) is 9.97 Å². The van der Waals surface area contributed by atoms with Gasteiger partial charge in [0, 0.05) is 5.56 Å². The molecule has 0 fully saturated rings. The molecule has 0 aliphatic rings. The molecule has 0 atom stereocenters. The quantitative estimate of drug-likeness (QED) is 0.587. The summed E-state index contributed by atoms with van der Waals surface area (Å²) in [5.74, 6) is 1.33. The second-order valence-electron chi connectivity index (χ2n) is 5.81. The number of hydrogen-bond acceptors (Lipinski definition) is 6. The van der Waals surface area contributed by atoms with Crippen molar-refractivity contribution in [2.24, 2.45) is 0 Å². The van der Waals surface area contributed by atoms with E-state index in [1.807, 2.05) is 62.4 Å². The van der Waals surface area contributed by atoms with Crippen molar-refractivity contribution in [3.05, 3.63) is 65.9 Å². The Balaban J connectivity index is 2.00. The Morgan fingerprint density at radius 2 is 1.78 bits per heavy atom. The zero-order chi connectivity index (χ0) is 19.2. The highest BCUT2D eigenvalue weighted by Crippen LogP contribution is 2.33. The maximum atomic E-state index is 11.7. The summed E-state index contributed by atoms with van der Waals surface area (Å²) >= 11 is 0. The summed E-state index contributed by atoms with van der Waals surface area (Å²) < 4.78 is 16.0. The van der Waals surface area contributed by atoms with Crippen molar-refractivity contribution in [3.8, 4) is 28.8 Å². The zero-order valence-electron chi connectivity index (χ0n) is 15.4. The van der Waals surface area contributed by atoms with Gasteiger partial charge in [0.15, 0.2) is 5.82 Å². The standard InChI is InChI=1S/C21H20N2O4/c1-4-25-21(24)27-18-13-22-19(16-10-6-5-7-11-16)23-20(18)26-17-12-8-9-14(2)15(17)3/h5-13H,4H2,1-3H3. The SMILES string of the molecule is CCOC(=O)Oc1cnc(-c2ccccc2)nc1Oc1cccc(C)c1C. The van der Waals surface area contributed by atoms with Crippen LogP contribution in [0.25, 0.3) is 11.4 Å². The highest BCUT2D eigenvalue weighted by atomic mass is 16.7. The van der Waals surface area contributed by atoms with Crippen LogP contribution in [0.15, 0.2) is 54.7 Å². The van der Waals surface area contributed by atoms with Gasteiger partial charge >= 0.3 is 6.16 Å². The molecule has 0 N–H and O–H groups in total. The lowest BCUT2D eigenvalue weighted by atomic mass is 10.1. The Morgan fingerprint density at radius 1 is 1.00 bits per heavy atom. The van der Waals surface area contributed by atoms with Crippen LogP contribution in [0.2, 0.25) is 0 Å². The molecule has 0 unspecified atom stereocenters. The van der Waals surface area contributed by atoms with Gasteiger partial charge < -0.3 is 14.2 Å². The molecule has 0 aliphatic carbocycles. The molecule has 6 nitrogen and oxygen atoms in total. The van der Waals surface area contributed by atoms with Crippen LogP contribution < -0.4 is 9.47 Å². The summed E-state index contributed by atoms with van der Waals surface area (Å²) in [5.41, 5.74) is 2.88. The predicted molar refractivity (Wildman–Crippen MR) is 101 cm³/mol. The van der Waals surface area contributed by atoms with Gasteiger partial charge in [-0.15, -0.1) is 0 Å². The second-order valence-corrected chi connectivity index (χ2v) is 5.81. The average molecular weight is 364 g/mol. The molecular weight excluding hydrogens is 344 g/mol. The molecule has 27 heavy (non-hydrogen) atoms. The number of rotatable bonds is 5. The molecule has 1 aromatic heterocycles. The molecule has 0 saturated heterocycles. The van der Waals surface area contributed by atoms with Crippen LogP contribution >= 0.6 is 0 Å². The highest BCUT2D eigenvalue weighted by Gasteiger charge is 2.17. The van der Waals surface area contributed by atoms with E-state index >= 15 is 0 Å².